The third-order valence-electron chi connectivity index (χ3n) is 4.76. The maximum absolute atomic E-state index is 12.6. The number of carbonyl (C=O) groups excluding carboxylic acids is 2. The lowest BCUT2D eigenvalue weighted by Crippen LogP contribution is -2.53. The molecule has 1 aromatic carbocycles. The highest BCUT2D eigenvalue weighted by Gasteiger charge is 2.26. The second kappa shape index (κ2) is 7.77. The van der Waals surface area contributed by atoms with Gasteiger partial charge in [-0.2, -0.15) is 0 Å². The Morgan fingerprint density at radius 2 is 1.58 bits per heavy atom. The summed E-state index contributed by atoms with van der Waals surface area (Å²) in [6.07, 6.45) is 0. The lowest BCUT2D eigenvalue weighted by molar-refractivity contribution is -0.134. The van der Waals surface area contributed by atoms with Crippen molar-refractivity contribution in [2.75, 3.05) is 59.0 Å². The summed E-state index contributed by atoms with van der Waals surface area (Å²) in [6, 6.07) is 7.65. The van der Waals surface area contributed by atoms with E-state index in [2.05, 4.69) is 4.90 Å². The Morgan fingerprint density at radius 1 is 0.958 bits per heavy atom. The van der Waals surface area contributed by atoms with Crippen LogP contribution in [-0.2, 0) is 9.53 Å². The minimum Gasteiger partial charge on any atom is -0.379 e. The average Bonchev–Trinajstić information content (AvgIpc) is 2.62. The number of carbonyl (C=O) groups is 2. The number of amides is 2. The van der Waals surface area contributed by atoms with Crippen molar-refractivity contribution in [1.29, 1.82) is 0 Å². The van der Waals surface area contributed by atoms with E-state index in [1.165, 1.54) is 0 Å². The van der Waals surface area contributed by atoms with E-state index in [0.717, 1.165) is 24.2 Å². The Bertz CT molecular complexity index is 591. The summed E-state index contributed by atoms with van der Waals surface area (Å²) in [4.78, 5) is 30.9. The average molecular weight is 331 g/mol. The number of hydrogen-bond donors (Lipinski definition) is 0. The number of nitrogens with zero attached hydrogens (tertiary/aromatic N) is 3. The van der Waals surface area contributed by atoms with E-state index in [1.807, 2.05) is 41.0 Å². The highest BCUT2D eigenvalue weighted by Crippen LogP contribution is 2.13. The normalized spacial score (nSPS) is 19.4. The van der Waals surface area contributed by atoms with Gasteiger partial charge in [0.15, 0.2) is 0 Å². The van der Waals surface area contributed by atoms with Gasteiger partial charge in [0.2, 0.25) is 5.91 Å². The van der Waals surface area contributed by atoms with Crippen molar-refractivity contribution in [3.8, 4) is 0 Å². The summed E-state index contributed by atoms with van der Waals surface area (Å²) >= 11 is 0. The largest absolute Gasteiger partial charge is 0.379 e. The zero-order valence-electron chi connectivity index (χ0n) is 14.2. The Balaban J connectivity index is 1.51. The monoisotopic (exact) mass is 331 g/mol. The molecule has 0 bridgehead atoms. The van der Waals surface area contributed by atoms with Gasteiger partial charge in [0.1, 0.15) is 0 Å². The second-order valence-corrected chi connectivity index (χ2v) is 6.38. The highest BCUT2D eigenvalue weighted by atomic mass is 16.5. The maximum atomic E-state index is 12.6. The molecule has 0 N–H and O–H groups in total. The Hall–Kier alpha value is -1.92. The molecule has 2 aliphatic rings. The summed E-state index contributed by atoms with van der Waals surface area (Å²) in [5.41, 5.74) is 1.75. The fraction of sp³-hybridized carbons (Fsp3) is 0.556. The second-order valence-electron chi connectivity index (χ2n) is 6.38. The van der Waals surface area contributed by atoms with Gasteiger partial charge in [-0.05, 0) is 18.6 Å². The van der Waals surface area contributed by atoms with Crippen molar-refractivity contribution in [3.63, 3.8) is 0 Å². The summed E-state index contributed by atoms with van der Waals surface area (Å²) in [5.74, 6) is 0.216. The van der Waals surface area contributed by atoms with E-state index < -0.39 is 0 Å². The minimum atomic E-state index is 0.0633. The fourth-order valence-electron chi connectivity index (χ4n) is 3.19. The first kappa shape index (κ1) is 16.9. The molecule has 2 saturated heterocycles. The van der Waals surface area contributed by atoms with Crippen LogP contribution in [0.5, 0.6) is 0 Å². The molecule has 24 heavy (non-hydrogen) atoms. The third kappa shape index (κ3) is 3.94. The predicted octanol–water partition coefficient (Wildman–Crippen LogP) is 0.612. The molecule has 0 radical (unpaired) electrons. The maximum Gasteiger partial charge on any atom is 0.254 e. The molecule has 0 spiro atoms. The van der Waals surface area contributed by atoms with Gasteiger partial charge in [-0.1, -0.05) is 18.2 Å². The zero-order chi connectivity index (χ0) is 16.9. The van der Waals surface area contributed by atoms with Crippen molar-refractivity contribution >= 4 is 11.8 Å². The third-order valence-corrected chi connectivity index (χ3v) is 4.76. The molecule has 2 heterocycles. The number of hydrogen-bond acceptors (Lipinski definition) is 4. The summed E-state index contributed by atoms with van der Waals surface area (Å²) in [5, 5.41) is 0. The van der Waals surface area contributed by atoms with Gasteiger partial charge in [0.05, 0.1) is 19.8 Å². The van der Waals surface area contributed by atoms with Crippen molar-refractivity contribution in [2.24, 2.45) is 0 Å². The van der Waals surface area contributed by atoms with Gasteiger partial charge < -0.3 is 14.5 Å². The van der Waals surface area contributed by atoms with Gasteiger partial charge in [-0.25, -0.2) is 0 Å². The molecular formula is C18H25N3O3. The summed E-state index contributed by atoms with van der Waals surface area (Å²) in [6.45, 7) is 7.86. The summed E-state index contributed by atoms with van der Waals surface area (Å²) < 4.78 is 5.31. The van der Waals surface area contributed by atoms with Crippen LogP contribution in [-0.4, -0.2) is 85.5 Å². The van der Waals surface area contributed by atoms with Crippen LogP contribution < -0.4 is 0 Å². The van der Waals surface area contributed by atoms with Gasteiger partial charge in [0, 0.05) is 44.8 Å². The molecular weight excluding hydrogens is 306 g/mol. The highest BCUT2D eigenvalue weighted by molar-refractivity contribution is 5.95. The SMILES string of the molecule is Cc1ccccc1C(=O)N1CCN(C(=O)CN2CCOCC2)CC1. The Kier molecular flexibility index (Phi) is 5.48. The molecule has 0 unspecified atom stereocenters. The number of aryl methyl sites for hydroxylation is 1. The number of rotatable bonds is 3. The van der Waals surface area contributed by atoms with Gasteiger partial charge in [0.25, 0.3) is 5.91 Å². The molecule has 3 rings (SSSR count). The lowest BCUT2D eigenvalue weighted by atomic mass is 10.1. The van der Waals surface area contributed by atoms with Gasteiger partial charge in [-0.3, -0.25) is 14.5 Å². The van der Waals surface area contributed by atoms with Crippen LogP contribution >= 0.6 is 0 Å². The van der Waals surface area contributed by atoms with Crippen molar-refractivity contribution < 1.29 is 14.3 Å². The number of benzene rings is 1. The predicted molar refractivity (Wildman–Crippen MR) is 90.9 cm³/mol. The van der Waals surface area contributed by atoms with Crippen LogP contribution in [0.15, 0.2) is 24.3 Å². The number of morpholine rings is 1. The molecule has 2 aliphatic heterocycles. The standard InChI is InChI=1S/C18H25N3O3/c1-15-4-2-3-5-16(15)18(23)21-8-6-20(7-9-21)17(22)14-19-10-12-24-13-11-19/h2-5H,6-14H2,1H3. The lowest BCUT2D eigenvalue weighted by Gasteiger charge is -2.36. The van der Waals surface area contributed by atoms with Crippen molar-refractivity contribution in [3.05, 3.63) is 35.4 Å². The van der Waals surface area contributed by atoms with Crippen LogP contribution in [0.2, 0.25) is 0 Å². The molecule has 6 heteroatoms. The Morgan fingerprint density at radius 3 is 2.25 bits per heavy atom. The molecule has 2 amide bonds. The van der Waals surface area contributed by atoms with E-state index in [1.54, 1.807) is 0 Å². The van der Waals surface area contributed by atoms with Crippen LogP contribution in [0.1, 0.15) is 15.9 Å². The van der Waals surface area contributed by atoms with Crippen LogP contribution in [0.4, 0.5) is 0 Å². The first-order chi connectivity index (χ1) is 11.6. The smallest absolute Gasteiger partial charge is 0.254 e. The van der Waals surface area contributed by atoms with Crippen LogP contribution in [0, 0.1) is 6.92 Å². The molecule has 1 aromatic rings. The molecule has 0 aliphatic carbocycles. The van der Waals surface area contributed by atoms with Gasteiger partial charge >= 0.3 is 0 Å². The molecule has 130 valence electrons. The topological polar surface area (TPSA) is 53.1 Å². The Labute approximate surface area is 143 Å². The van der Waals surface area contributed by atoms with Crippen molar-refractivity contribution in [2.45, 2.75) is 6.92 Å². The van der Waals surface area contributed by atoms with E-state index in [4.69, 9.17) is 4.74 Å². The number of piperazine rings is 1. The molecule has 0 saturated carbocycles. The first-order valence-corrected chi connectivity index (χ1v) is 8.58. The number of ether oxygens (including phenoxy) is 1. The quantitative estimate of drug-likeness (QED) is 0.814. The zero-order valence-corrected chi connectivity index (χ0v) is 14.2. The first-order valence-electron chi connectivity index (χ1n) is 8.58. The van der Waals surface area contributed by atoms with Gasteiger partial charge in [-0.15, -0.1) is 0 Å². The van der Waals surface area contributed by atoms with Crippen LogP contribution in [0.3, 0.4) is 0 Å². The minimum absolute atomic E-state index is 0.0633. The fourth-order valence-corrected chi connectivity index (χ4v) is 3.19. The molecule has 6 nitrogen and oxygen atoms in total. The summed E-state index contributed by atoms with van der Waals surface area (Å²) in [7, 11) is 0. The molecule has 0 aromatic heterocycles. The van der Waals surface area contributed by atoms with E-state index >= 15 is 0 Å². The van der Waals surface area contributed by atoms with E-state index in [9.17, 15) is 9.59 Å². The van der Waals surface area contributed by atoms with Crippen LogP contribution in [0.25, 0.3) is 0 Å². The van der Waals surface area contributed by atoms with E-state index in [0.29, 0.717) is 45.9 Å². The van der Waals surface area contributed by atoms with Crippen molar-refractivity contribution in [1.82, 2.24) is 14.7 Å². The molecule has 0 atom stereocenters. The van der Waals surface area contributed by atoms with E-state index in [-0.39, 0.29) is 11.8 Å². The molecule has 2 fully saturated rings.